The van der Waals surface area contributed by atoms with E-state index in [0.29, 0.717) is 5.76 Å². The van der Waals surface area contributed by atoms with E-state index in [1.165, 1.54) is 21.8 Å². The van der Waals surface area contributed by atoms with Gasteiger partial charge in [-0.15, -0.1) is 23.1 Å². The maximum atomic E-state index is 11.6. The molecule has 8 heteroatoms. The molecule has 0 bridgehead atoms. The molecule has 0 aliphatic carbocycles. The van der Waals surface area contributed by atoms with Gasteiger partial charge in [0.15, 0.2) is 5.76 Å². The van der Waals surface area contributed by atoms with Gasteiger partial charge in [-0.2, -0.15) is 0 Å². The van der Waals surface area contributed by atoms with Crippen LogP contribution in [-0.4, -0.2) is 21.8 Å². The number of rotatable bonds is 3. The monoisotopic (exact) mass is 374 g/mol. The van der Waals surface area contributed by atoms with E-state index in [9.17, 15) is 4.79 Å². The fourth-order valence-electron chi connectivity index (χ4n) is 3.55. The average molecular weight is 374 g/mol. The highest BCUT2D eigenvalue weighted by Gasteiger charge is 2.44. The smallest absolute Gasteiger partial charge is 0.220 e. The van der Waals surface area contributed by atoms with Crippen LogP contribution in [0.15, 0.2) is 30.9 Å². The lowest BCUT2D eigenvalue weighted by Gasteiger charge is -2.20. The number of nitrogens with zero attached hydrogens (tertiary/aromatic N) is 3. The van der Waals surface area contributed by atoms with Gasteiger partial charge in [-0.25, -0.2) is 4.98 Å². The Hall–Kier alpha value is -1.93. The number of hydrogen-bond acceptors (Lipinski definition) is 7. The van der Waals surface area contributed by atoms with Crippen LogP contribution in [0.4, 0.5) is 0 Å². The minimum absolute atomic E-state index is 0.0983. The van der Waals surface area contributed by atoms with E-state index in [0.717, 1.165) is 22.7 Å². The van der Waals surface area contributed by atoms with Crippen LogP contribution in [0.1, 0.15) is 54.3 Å². The Bertz CT molecular complexity index is 898. The fourth-order valence-corrected chi connectivity index (χ4v) is 5.67. The largest absolute Gasteiger partial charge is 0.370 e. The minimum Gasteiger partial charge on any atom is -0.370 e. The van der Waals surface area contributed by atoms with E-state index in [1.807, 2.05) is 24.1 Å². The van der Waals surface area contributed by atoms with E-state index < -0.39 is 11.9 Å². The number of carbonyl (C=O) groups is 1. The number of hydrogen-bond donors (Lipinski definition) is 1. The maximum absolute atomic E-state index is 11.6. The first kappa shape index (κ1) is 16.5. The zero-order valence-electron chi connectivity index (χ0n) is 14.1. The van der Waals surface area contributed by atoms with E-state index in [1.54, 1.807) is 5.51 Å². The summed E-state index contributed by atoms with van der Waals surface area (Å²) in [4.78, 5) is 22.3. The van der Waals surface area contributed by atoms with E-state index in [4.69, 9.17) is 15.2 Å². The molecule has 2 N–H and O–H groups in total. The van der Waals surface area contributed by atoms with Gasteiger partial charge in [0.05, 0.1) is 34.3 Å². The Morgan fingerprint density at radius 1 is 1.36 bits per heavy atom. The predicted molar refractivity (Wildman–Crippen MR) is 98.6 cm³/mol. The molecule has 0 fully saturated rings. The maximum Gasteiger partial charge on any atom is 0.220 e. The molecule has 1 amide bonds. The molecule has 2 aliphatic rings. The Kier molecular flexibility index (Phi) is 4.04. The summed E-state index contributed by atoms with van der Waals surface area (Å²) in [6.45, 7) is 6.22. The standard InChI is InChI=1S/C17H18N4O2S2/c1-7-9(3)25-17-13(7)15(11-5-24-6-19-11)20-10(4-12(18)22)16-14(17)8(2)21-23-16/h5-6,10,13,17H,4H2,1-3H3,(H2,18,22)/t10-,13?,17?/m0/s1. The third-order valence-corrected chi connectivity index (χ3v) is 6.85. The molecule has 2 unspecified atom stereocenters. The molecule has 2 aliphatic heterocycles. The van der Waals surface area contributed by atoms with Crippen molar-refractivity contribution in [2.45, 2.75) is 38.5 Å². The first-order valence-electron chi connectivity index (χ1n) is 8.02. The first-order valence-corrected chi connectivity index (χ1v) is 9.84. The lowest BCUT2D eigenvalue weighted by Crippen LogP contribution is -2.20. The van der Waals surface area contributed by atoms with Gasteiger partial charge >= 0.3 is 0 Å². The van der Waals surface area contributed by atoms with Crippen molar-refractivity contribution >= 4 is 34.7 Å². The van der Waals surface area contributed by atoms with Crippen LogP contribution < -0.4 is 5.73 Å². The number of aryl methyl sites for hydroxylation is 1. The van der Waals surface area contributed by atoms with Crippen molar-refractivity contribution in [3.05, 3.63) is 44.1 Å². The normalized spacial score (nSPS) is 25.4. The fraction of sp³-hybridized carbons (Fsp3) is 0.412. The quantitative estimate of drug-likeness (QED) is 0.886. The summed E-state index contributed by atoms with van der Waals surface area (Å²) in [5.74, 6) is 0.350. The molecule has 0 saturated carbocycles. The zero-order chi connectivity index (χ0) is 17.7. The lowest BCUT2D eigenvalue weighted by molar-refractivity contribution is -0.118. The summed E-state index contributed by atoms with van der Waals surface area (Å²) < 4.78 is 5.61. The van der Waals surface area contributed by atoms with Gasteiger partial charge in [0.2, 0.25) is 5.91 Å². The van der Waals surface area contributed by atoms with Gasteiger partial charge in [0.25, 0.3) is 0 Å². The van der Waals surface area contributed by atoms with Gasteiger partial charge in [0, 0.05) is 16.9 Å². The molecule has 3 atom stereocenters. The van der Waals surface area contributed by atoms with Crippen molar-refractivity contribution in [3.8, 4) is 0 Å². The number of aliphatic imine (C=N–C) groups is 1. The summed E-state index contributed by atoms with van der Waals surface area (Å²) in [6, 6.07) is -0.454. The van der Waals surface area contributed by atoms with Crippen molar-refractivity contribution in [2.75, 3.05) is 0 Å². The summed E-state index contributed by atoms with van der Waals surface area (Å²) in [7, 11) is 0. The molecule has 4 heterocycles. The number of carbonyl (C=O) groups excluding carboxylic acids is 1. The summed E-state index contributed by atoms with van der Waals surface area (Å²) in [6.07, 6.45) is 0.0983. The third-order valence-electron chi connectivity index (χ3n) is 4.83. The molecular weight excluding hydrogens is 356 g/mol. The number of thiazole rings is 1. The van der Waals surface area contributed by atoms with Gasteiger partial charge in [0.1, 0.15) is 6.04 Å². The number of allylic oxidation sites excluding steroid dienone is 2. The van der Waals surface area contributed by atoms with Crippen LogP contribution in [0, 0.1) is 12.8 Å². The summed E-state index contributed by atoms with van der Waals surface area (Å²) in [5, 5.41) is 6.29. The minimum atomic E-state index is -0.454. The average Bonchev–Trinajstić information content (AvgIpc) is 3.24. The molecule has 130 valence electrons. The van der Waals surface area contributed by atoms with Crippen molar-refractivity contribution in [1.29, 1.82) is 0 Å². The molecule has 0 spiro atoms. The van der Waals surface area contributed by atoms with Crippen LogP contribution in [0.3, 0.4) is 0 Å². The Morgan fingerprint density at radius 3 is 2.84 bits per heavy atom. The molecule has 25 heavy (non-hydrogen) atoms. The molecule has 6 nitrogen and oxygen atoms in total. The van der Waals surface area contributed by atoms with E-state index in [-0.39, 0.29) is 17.6 Å². The van der Waals surface area contributed by atoms with Crippen molar-refractivity contribution in [2.24, 2.45) is 16.6 Å². The molecule has 0 radical (unpaired) electrons. The van der Waals surface area contributed by atoms with E-state index >= 15 is 0 Å². The van der Waals surface area contributed by atoms with Crippen molar-refractivity contribution < 1.29 is 9.32 Å². The van der Waals surface area contributed by atoms with Crippen molar-refractivity contribution in [3.63, 3.8) is 0 Å². The zero-order valence-corrected chi connectivity index (χ0v) is 15.8. The molecule has 4 rings (SSSR count). The Labute approximate surface area is 153 Å². The molecule has 0 saturated heterocycles. The van der Waals surface area contributed by atoms with E-state index in [2.05, 4.69) is 24.0 Å². The Morgan fingerprint density at radius 2 is 2.16 bits per heavy atom. The molecule has 2 aromatic rings. The second-order valence-electron chi connectivity index (χ2n) is 6.38. The first-order chi connectivity index (χ1) is 12.0. The lowest BCUT2D eigenvalue weighted by atomic mass is 9.87. The van der Waals surface area contributed by atoms with Crippen LogP contribution in [0.5, 0.6) is 0 Å². The third kappa shape index (κ3) is 2.64. The number of thioether (sulfide) groups is 1. The predicted octanol–water partition coefficient (Wildman–Crippen LogP) is 3.56. The van der Waals surface area contributed by atoms with Crippen molar-refractivity contribution in [1.82, 2.24) is 10.1 Å². The van der Waals surface area contributed by atoms with Gasteiger partial charge in [-0.3, -0.25) is 9.79 Å². The summed E-state index contributed by atoms with van der Waals surface area (Å²) in [5.41, 5.74) is 12.2. The van der Waals surface area contributed by atoms with Crippen LogP contribution in [0.2, 0.25) is 0 Å². The topological polar surface area (TPSA) is 94.4 Å². The van der Waals surface area contributed by atoms with Gasteiger partial charge in [-0.1, -0.05) is 10.7 Å². The number of primary amides is 1. The second kappa shape index (κ2) is 6.10. The summed E-state index contributed by atoms with van der Waals surface area (Å²) >= 11 is 3.35. The second-order valence-corrected chi connectivity index (χ2v) is 8.45. The van der Waals surface area contributed by atoms with Gasteiger partial charge in [-0.05, 0) is 25.7 Å². The molecule has 0 aromatic carbocycles. The SMILES string of the molecule is CC1=C(C)C2C(c3cscn3)=N[C@@H](CC(N)=O)c3onc(C)c3C2S1. The highest BCUT2D eigenvalue weighted by Crippen LogP contribution is 2.56. The number of aromatic nitrogens is 2. The number of nitrogens with two attached hydrogens (primary N) is 1. The number of fused-ring (bicyclic) bond motifs is 3. The highest BCUT2D eigenvalue weighted by atomic mass is 32.2. The van der Waals surface area contributed by atoms with Crippen LogP contribution in [0.25, 0.3) is 0 Å². The highest BCUT2D eigenvalue weighted by molar-refractivity contribution is 8.03. The van der Waals surface area contributed by atoms with Crippen LogP contribution >= 0.6 is 23.1 Å². The van der Waals surface area contributed by atoms with Gasteiger partial charge < -0.3 is 10.3 Å². The van der Waals surface area contributed by atoms with Crippen LogP contribution in [-0.2, 0) is 4.79 Å². The Balaban J connectivity index is 1.94. The number of amides is 1. The molecule has 2 aromatic heterocycles. The molecular formula is C17H18N4O2S2.